The first-order valence-corrected chi connectivity index (χ1v) is 9.92. The van der Waals surface area contributed by atoms with Gasteiger partial charge in [0.25, 0.3) is 0 Å². The van der Waals surface area contributed by atoms with E-state index in [2.05, 4.69) is 5.32 Å². The Morgan fingerprint density at radius 3 is 2.44 bits per heavy atom. The Labute approximate surface area is 157 Å². The summed E-state index contributed by atoms with van der Waals surface area (Å²) in [5, 5.41) is 3.37. The maximum absolute atomic E-state index is 12.8. The molecule has 0 aromatic rings. The Balaban J connectivity index is 0.00000225. The summed E-state index contributed by atoms with van der Waals surface area (Å²) < 4.78 is 0. The number of likely N-dealkylation sites (tertiary alicyclic amines) is 1. The lowest BCUT2D eigenvalue weighted by Gasteiger charge is -2.46. The highest BCUT2D eigenvalue weighted by atomic mass is 35.5. The van der Waals surface area contributed by atoms with E-state index in [-0.39, 0.29) is 30.1 Å². The van der Waals surface area contributed by atoms with Crippen molar-refractivity contribution >= 4 is 24.2 Å². The van der Waals surface area contributed by atoms with Crippen LogP contribution in [0.3, 0.4) is 0 Å². The minimum atomic E-state index is -0.0316. The molecule has 1 heterocycles. The average molecular weight is 372 g/mol. The van der Waals surface area contributed by atoms with E-state index in [9.17, 15) is 9.59 Å². The number of hydrogen-bond donors (Lipinski definition) is 2. The Morgan fingerprint density at radius 1 is 1.12 bits per heavy atom. The second-order valence-corrected chi connectivity index (χ2v) is 8.15. The van der Waals surface area contributed by atoms with Gasteiger partial charge in [-0.2, -0.15) is 0 Å². The van der Waals surface area contributed by atoms with E-state index in [0.29, 0.717) is 36.9 Å². The van der Waals surface area contributed by atoms with Crippen LogP contribution in [0.4, 0.5) is 0 Å². The van der Waals surface area contributed by atoms with Crippen LogP contribution in [0.2, 0.25) is 0 Å². The molecule has 0 aromatic heterocycles. The van der Waals surface area contributed by atoms with Crippen molar-refractivity contribution in [3.63, 3.8) is 0 Å². The van der Waals surface area contributed by atoms with Crippen LogP contribution in [0, 0.1) is 17.8 Å². The van der Waals surface area contributed by atoms with E-state index < -0.39 is 0 Å². The fraction of sp³-hybridized carbons (Fsp3) is 0.895. The summed E-state index contributed by atoms with van der Waals surface area (Å²) in [6.45, 7) is 3.44. The van der Waals surface area contributed by atoms with Gasteiger partial charge in [-0.05, 0) is 56.8 Å². The third-order valence-electron chi connectivity index (χ3n) is 6.29. The molecule has 5 nitrogen and oxygen atoms in total. The smallest absolute Gasteiger partial charge is 0.225 e. The van der Waals surface area contributed by atoms with Gasteiger partial charge < -0.3 is 16.0 Å². The predicted molar refractivity (Wildman–Crippen MR) is 101 cm³/mol. The van der Waals surface area contributed by atoms with Crippen molar-refractivity contribution in [2.45, 2.75) is 76.8 Å². The lowest BCUT2D eigenvalue weighted by Crippen LogP contribution is -2.56. The number of piperidine rings is 1. The van der Waals surface area contributed by atoms with Crippen LogP contribution in [0.1, 0.15) is 64.7 Å². The molecule has 3 unspecified atom stereocenters. The van der Waals surface area contributed by atoms with Gasteiger partial charge in [0.05, 0.1) is 5.92 Å². The number of nitrogens with zero attached hydrogens (tertiary/aromatic N) is 1. The maximum atomic E-state index is 12.8. The summed E-state index contributed by atoms with van der Waals surface area (Å²) in [7, 11) is 0. The fourth-order valence-corrected chi connectivity index (χ4v) is 5.10. The van der Waals surface area contributed by atoms with E-state index in [1.54, 1.807) is 0 Å². The van der Waals surface area contributed by atoms with E-state index in [0.717, 1.165) is 38.6 Å². The zero-order valence-electron chi connectivity index (χ0n) is 15.4. The van der Waals surface area contributed by atoms with E-state index in [1.807, 2.05) is 11.8 Å². The van der Waals surface area contributed by atoms with Crippen molar-refractivity contribution in [3.8, 4) is 0 Å². The highest BCUT2D eigenvalue weighted by Crippen LogP contribution is 2.39. The molecule has 3 fully saturated rings. The molecule has 0 spiro atoms. The maximum Gasteiger partial charge on any atom is 0.225 e. The highest BCUT2D eigenvalue weighted by molar-refractivity contribution is 5.85. The summed E-state index contributed by atoms with van der Waals surface area (Å²) >= 11 is 0. The van der Waals surface area contributed by atoms with Crippen molar-refractivity contribution in [2.24, 2.45) is 23.5 Å². The average Bonchev–Trinajstić information content (AvgIpc) is 2.56. The van der Waals surface area contributed by atoms with Gasteiger partial charge in [-0.25, -0.2) is 0 Å². The molecule has 2 bridgehead atoms. The summed E-state index contributed by atoms with van der Waals surface area (Å²) in [5.74, 6) is 1.45. The van der Waals surface area contributed by atoms with Crippen LogP contribution in [0.25, 0.3) is 0 Å². The second-order valence-electron chi connectivity index (χ2n) is 8.15. The minimum absolute atomic E-state index is 0. The molecule has 25 heavy (non-hydrogen) atoms. The van der Waals surface area contributed by atoms with Crippen LogP contribution < -0.4 is 11.1 Å². The summed E-state index contributed by atoms with van der Waals surface area (Å²) in [6.07, 6.45) is 9.08. The Morgan fingerprint density at radius 2 is 1.80 bits per heavy atom. The first-order valence-electron chi connectivity index (χ1n) is 9.92. The number of rotatable bonds is 4. The van der Waals surface area contributed by atoms with Crippen molar-refractivity contribution < 1.29 is 9.59 Å². The van der Waals surface area contributed by atoms with Gasteiger partial charge in [-0.15, -0.1) is 12.4 Å². The largest absolute Gasteiger partial charge is 0.353 e. The number of carbonyl (C=O) groups excluding carboxylic acids is 2. The van der Waals surface area contributed by atoms with Gasteiger partial charge in [0, 0.05) is 31.6 Å². The molecule has 0 radical (unpaired) electrons. The third kappa shape index (κ3) is 4.88. The first kappa shape index (κ1) is 20.5. The van der Waals surface area contributed by atoms with Gasteiger partial charge >= 0.3 is 0 Å². The second kappa shape index (κ2) is 9.22. The lowest BCUT2D eigenvalue weighted by atomic mass is 9.67. The van der Waals surface area contributed by atoms with Crippen LogP contribution in [0.15, 0.2) is 0 Å². The molecule has 1 aliphatic heterocycles. The Hall–Kier alpha value is -0.810. The zero-order valence-corrected chi connectivity index (χ0v) is 16.2. The molecule has 2 aliphatic carbocycles. The van der Waals surface area contributed by atoms with Gasteiger partial charge in [-0.1, -0.05) is 13.3 Å². The summed E-state index contributed by atoms with van der Waals surface area (Å²) in [6, 6.07) is 0.623. The molecular weight excluding hydrogens is 338 g/mol. The van der Waals surface area contributed by atoms with Gasteiger partial charge in [0.2, 0.25) is 11.8 Å². The molecule has 3 N–H and O–H groups in total. The number of hydrogen-bond acceptors (Lipinski definition) is 3. The molecule has 2 amide bonds. The van der Waals surface area contributed by atoms with Crippen molar-refractivity contribution in [1.82, 2.24) is 10.2 Å². The molecule has 1 saturated heterocycles. The standard InChI is InChI=1S/C19H33N3O2.ClH/c1-2-5-17(23)22-9-4-8-15(12-22)19(24)21-18-13-6-3-7-14(18)11-16(20)10-13;/h13-16,18H,2-12,20H2,1H3,(H,21,24);1H. The fourth-order valence-electron chi connectivity index (χ4n) is 5.10. The van der Waals surface area contributed by atoms with E-state index in [1.165, 1.54) is 19.3 Å². The Kier molecular flexibility index (Phi) is 7.56. The van der Waals surface area contributed by atoms with Crippen LogP contribution in [-0.4, -0.2) is 41.9 Å². The quantitative estimate of drug-likeness (QED) is 0.797. The molecule has 6 heteroatoms. The number of nitrogens with one attached hydrogen (secondary N) is 1. The van der Waals surface area contributed by atoms with Gasteiger partial charge in [0.15, 0.2) is 0 Å². The van der Waals surface area contributed by atoms with Crippen LogP contribution >= 0.6 is 12.4 Å². The van der Waals surface area contributed by atoms with Crippen LogP contribution in [0.5, 0.6) is 0 Å². The lowest BCUT2D eigenvalue weighted by molar-refractivity contribution is -0.136. The predicted octanol–water partition coefficient (Wildman–Crippen LogP) is 2.47. The number of halogens is 1. The van der Waals surface area contributed by atoms with Gasteiger partial charge in [0.1, 0.15) is 0 Å². The third-order valence-corrected chi connectivity index (χ3v) is 6.29. The topological polar surface area (TPSA) is 75.4 Å². The molecule has 3 aliphatic rings. The normalized spacial score (nSPS) is 34.8. The first-order chi connectivity index (χ1) is 11.6. The molecule has 3 atom stereocenters. The number of carbonyl (C=O) groups is 2. The molecule has 144 valence electrons. The number of fused-ring (bicyclic) bond motifs is 2. The monoisotopic (exact) mass is 371 g/mol. The van der Waals surface area contributed by atoms with E-state index >= 15 is 0 Å². The molecular formula is C19H34ClN3O2. The highest BCUT2D eigenvalue weighted by Gasteiger charge is 2.41. The number of amides is 2. The SMILES string of the molecule is CCCC(=O)N1CCCC(C(=O)NC2C3CCCC2CC(N)C3)C1.Cl. The summed E-state index contributed by atoms with van der Waals surface area (Å²) in [4.78, 5) is 26.9. The van der Waals surface area contributed by atoms with E-state index in [4.69, 9.17) is 5.73 Å². The van der Waals surface area contributed by atoms with Crippen molar-refractivity contribution in [3.05, 3.63) is 0 Å². The molecule has 2 saturated carbocycles. The van der Waals surface area contributed by atoms with Crippen molar-refractivity contribution in [2.75, 3.05) is 13.1 Å². The molecule has 3 rings (SSSR count). The Bertz CT molecular complexity index is 460. The van der Waals surface area contributed by atoms with Gasteiger partial charge in [-0.3, -0.25) is 9.59 Å². The van der Waals surface area contributed by atoms with Crippen molar-refractivity contribution in [1.29, 1.82) is 0 Å². The minimum Gasteiger partial charge on any atom is -0.353 e. The number of nitrogens with two attached hydrogens (primary N) is 1. The zero-order chi connectivity index (χ0) is 17.1. The van der Waals surface area contributed by atoms with Crippen LogP contribution in [-0.2, 0) is 9.59 Å². The summed E-state index contributed by atoms with van der Waals surface area (Å²) in [5.41, 5.74) is 6.18. The molecule has 0 aromatic carbocycles.